The highest BCUT2D eigenvalue weighted by Gasteiger charge is 2.19. The van der Waals surface area contributed by atoms with Crippen LogP contribution in [0.3, 0.4) is 0 Å². The molecule has 0 saturated carbocycles. The first kappa shape index (κ1) is 14.0. The average Bonchev–Trinajstić information content (AvgIpc) is 2.30. The van der Waals surface area contributed by atoms with Crippen LogP contribution >= 0.6 is 0 Å². The van der Waals surface area contributed by atoms with Crippen LogP contribution in [-0.4, -0.2) is 12.9 Å². The number of Topliss-reactive ketones (excluding diaryl/α,β-unsaturated/α-hetero) is 1. The van der Waals surface area contributed by atoms with Crippen molar-refractivity contribution in [2.45, 2.75) is 52.9 Å². The molecule has 0 atom stereocenters. The second-order valence-corrected chi connectivity index (χ2v) is 5.22. The molecule has 0 fully saturated rings. The second kappa shape index (κ2) is 6.63. The van der Waals surface area contributed by atoms with Crippen LogP contribution in [0.25, 0.3) is 0 Å². The predicted molar refractivity (Wildman–Crippen MR) is 70.7 cm³/mol. The van der Waals surface area contributed by atoms with E-state index in [9.17, 15) is 4.79 Å². The van der Waals surface area contributed by atoms with Crippen LogP contribution in [0.2, 0.25) is 0 Å². The molecule has 0 spiro atoms. The lowest BCUT2D eigenvalue weighted by Gasteiger charge is -2.16. The Morgan fingerprint density at radius 1 is 1.41 bits per heavy atom. The largest absolute Gasteiger partial charge is 0.493 e. The molecule has 0 aliphatic heterocycles. The van der Waals surface area contributed by atoms with E-state index in [2.05, 4.69) is 19.9 Å². The minimum atomic E-state index is 0.102. The van der Waals surface area contributed by atoms with E-state index in [1.165, 1.54) is 6.42 Å². The summed E-state index contributed by atoms with van der Waals surface area (Å²) in [5.74, 6) is 1.21. The van der Waals surface area contributed by atoms with E-state index in [0.717, 1.165) is 36.8 Å². The molecule has 0 aromatic heterocycles. The standard InChI is InChI=1S/C15H24O2/c1-11(2)10-12(3)15(17-4)14(16)13-8-6-5-7-9-13/h8,11H,5-7,9-10H2,1-4H3. The Bertz CT molecular complexity index is 335. The van der Waals surface area contributed by atoms with Crippen LogP contribution in [0.4, 0.5) is 0 Å². The van der Waals surface area contributed by atoms with Crippen molar-refractivity contribution in [3.63, 3.8) is 0 Å². The number of carbonyl (C=O) groups excluding carboxylic acids is 1. The van der Waals surface area contributed by atoms with Crippen LogP contribution < -0.4 is 0 Å². The van der Waals surface area contributed by atoms with Gasteiger partial charge in [0.25, 0.3) is 0 Å². The van der Waals surface area contributed by atoms with E-state index in [1.807, 2.05) is 6.92 Å². The van der Waals surface area contributed by atoms with Gasteiger partial charge in [0.05, 0.1) is 7.11 Å². The molecule has 2 nitrogen and oxygen atoms in total. The number of rotatable bonds is 5. The fraction of sp³-hybridized carbons (Fsp3) is 0.667. The Labute approximate surface area is 105 Å². The first-order valence-electron chi connectivity index (χ1n) is 6.53. The van der Waals surface area contributed by atoms with Gasteiger partial charge in [-0.1, -0.05) is 19.9 Å². The van der Waals surface area contributed by atoms with Crippen molar-refractivity contribution >= 4 is 5.78 Å². The zero-order chi connectivity index (χ0) is 12.8. The van der Waals surface area contributed by atoms with Gasteiger partial charge in [0, 0.05) is 0 Å². The van der Waals surface area contributed by atoms with Crippen molar-refractivity contribution < 1.29 is 9.53 Å². The summed E-state index contributed by atoms with van der Waals surface area (Å²) in [6.45, 7) is 6.31. The first-order chi connectivity index (χ1) is 8.06. The monoisotopic (exact) mass is 236 g/mol. The average molecular weight is 236 g/mol. The van der Waals surface area contributed by atoms with Crippen molar-refractivity contribution in [2.75, 3.05) is 7.11 Å². The maximum Gasteiger partial charge on any atom is 0.223 e. The highest BCUT2D eigenvalue weighted by atomic mass is 16.5. The maximum atomic E-state index is 12.3. The SMILES string of the molecule is COC(C(=O)C1=CCCCC1)=C(C)CC(C)C. The molecule has 0 bridgehead atoms. The summed E-state index contributed by atoms with van der Waals surface area (Å²) in [5, 5.41) is 0. The van der Waals surface area contributed by atoms with E-state index >= 15 is 0 Å². The number of ketones is 1. The molecule has 0 aromatic carbocycles. The summed E-state index contributed by atoms with van der Waals surface area (Å²) in [6.07, 6.45) is 7.25. The molecule has 17 heavy (non-hydrogen) atoms. The lowest BCUT2D eigenvalue weighted by atomic mass is 9.93. The smallest absolute Gasteiger partial charge is 0.223 e. The number of carbonyl (C=O) groups is 1. The molecule has 1 aliphatic rings. The van der Waals surface area contributed by atoms with E-state index < -0.39 is 0 Å². The highest BCUT2D eigenvalue weighted by Crippen LogP contribution is 2.24. The zero-order valence-electron chi connectivity index (χ0n) is 11.5. The predicted octanol–water partition coefficient (Wildman–Crippen LogP) is 4.02. The third kappa shape index (κ3) is 4.03. The summed E-state index contributed by atoms with van der Waals surface area (Å²) < 4.78 is 5.32. The first-order valence-corrected chi connectivity index (χ1v) is 6.53. The molecule has 1 rings (SSSR count). The van der Waals surface area contributed by atoms with Gasteiger partial charge >= 0.3 is 0 Å². The topological polar surface area (TPSA) is 26.3 Å². The van der Waals surface area contributed by atoms with Gasteiger partial charge < -0.3 is 4.74 Å². The fourth-order valence-electron chi connectivity index (χ4n) is 2.36. The van der Waals surface area contributed by atoms with Crippen LogP contribution in [0.15, 0.2) is 23.0 Å². The third-order valence-electron chi connectivity index (χ3n) is 3.10. The molecule has 96 valence electrons. The molecule has 0 amide bonds. The van der Waals surface area contributed by atoms with Gasteiger partial charge in [0.15, 0.2) is 5.76 Å². The van der Waals surface area contributed by atoms with Gasteiger partial charge in [-0.15, -0.1) is 0 Å². The maximum absolute atomic E-state index is 12.3. The molecule has 0 radical (unpaired) electrons. The van der Waals surface area contributed by atoms with Gasteiger partial charge in [0.1, 0.15) is 0 Å². The molecular formula is C15H24O2. The van der Waals surface area contributed by atoms with Crippen LogP contribution in [0.1, 0.15) is 52.9 Å². The number of hydrogen-bond acceptors (Lipinski definition) is 2. The van der Waals surface area contributed by atoms with Crippen LogP contribution in [0, 0.1) is 5.92 Å². The van der Waals surface area contributed by atoms with Gasteiger partial charge in [-0.05, 0) is 56.1 Å². The molecular weight excluding hydrogens is 212 g/mol. The Kier molecular flexibility index (Phi) is 5.46. The Hall–Kier alpha value is -1.05. The lowest BCUT2D eigenvalue weighted by Crippen LogP contribution is -2.12. The summed E-state index contributed by atoms with van der Waals surface area (Å²) >= 11 is 0. The fourth-order valence-corrected chi connectivity index (χ4v) is 2.36. The Morgan fingerprint density at radius 2 is 2.12 bits per heavy atom. The molecule has 0 heterocycles. The lowest BCUT2D eigenvalue weighted by molar-refractivity contribution is -0.115. The number of hydrogen-bond donors (Lipinski definition) is 0. The third-order valence-corrected chi connectivity index (χ3v) is 3.10. The van der Waals surface area contributed by atoms with E-state index in [0.29, 0.717) is 11.7 Å². The summed E-state index contributed by atoms with van der Waals surface area (Å²) in [7, 11) is 1.60. The molecule has 0 saturated heterocycles. The summed E-state index contributed by atoms with van der Waals surface area (Å²) in [4.78, 5) is 12.3. The zero-order valence-corrected chi connectivity index (χ0v) is 11.5. The van der Waals surface area contributed by atoms with E-state index in [1.54, 1.807) is 7.11 Å². The van der Waals surface area contributed by atoms with Crippen LogP contribution in [-0.2, 0) is 9.53 Å². The minimum Gasteiger partial charge on any atom is -0.493 e. The number of allylic oxidation sites excluding steroid dienone is 3. The molecule has 0 aromatic rings. The Morgan fingerprint density at radius 3 is 2.59 bits per heavy atom. The van der Waals surface area contributed by atoms with Crippen molar-refractivity contribution in [1.82, 2.24) is 0 Å². The van der Waals surface area contributed by atoms with Gasteiger partial charge in [-0.25, -0.2) is 0 Å². The molecule has 2 heteroatoms. The van der Waals surface area contributed by atoms with Crippen LogP contribution in [0.5, 0.6) is 0 Å². The van der Waals surface area contributed by atoms with Gasteiger partial charge in [-0.2, -0.15) is 0 Å². The molecule has 1 aliphatic carbocycles. The number of methoxy groups -OCH3 is 1. The quantitative estimate of drug-likeness (QED) is 0.532. The van der Waals surface area contributed by atoms with Crippen molar-refractivity contribution in [3.05, 3.63) is 23.0 Å². The minimum absolute atomic E-state index is 0.102. The second-order valence-electron chi connectivity index (χ2n) is 5.22. The normalized spacial score (nSPS) is 17.6. The summed E-state index contributed by atoms with van der Waals surface area (Å²) in [6, 6.07) is 0. The van der Waals surface area contributed by atoms with E-state index in [4.69, 9.17) is 4.74 Å². The highest BCUT2D eigenvalue weighted by molar-refractivity contribution is 6.07. The Balaban J connectivity index is 2.86. The van der Waals surface area contributed by atoms with Crippen molar-refractivity contribution in [1.29, 1.82) is 0 Å². The van der Waals surface area contributed by atoms with E-state index in [-0.39, 0.29) is 5.78 Å². The number of ether oxygens (including phenoxy) is 1. The molecule has 0 unspecified atom stereocenters. The molecule has 0 N–H and O–H groups in total. The van der Waals surface area contributed by atoms with Crippen molar-refractivity contribution in [3.8, 4) is 0 Å². The van der Waals surface area contributed by atoms with Gasteiger partial charge in [-0.3, -0.25) is 4.79 Å². The van der Waals surface area contributed by atoms with Crippen molar-refractivity contribution in [2.24, 2.45) is 5.92 Å². The summed E-state index contributed by atoms with van der Waals surface area (Å²) in [5.41, 5.74) is 2.01. The van der Waals surface area contributed by atoms with Gasteiger partial charge in [0.2, 0.25) is 5.78 Å².